The molecule has 7 heteroatoms. The number of imidazole rings is 1. The molecular weight excluding hydrogens is 334 g/mol. The number of nitrogen functional groups attached to an aromatic ring is 1. The van der Waals surface area contributed by atoms with Crippen LogP contribution in [0.4, 0.5) is 5.95 Å². The number of nitrogens with two attached hydrogens (primary N) is 1. The summed E-state index contributed by atoms with van der Waals surface area (Å²) in [4.78, 5) is 8.62. The van der Waals surface area contributed by atoms with Crippen molar-refractivity contribution in [2.24, 2.45) is 0 Å². The van der Waals surface area contributed by atoms with Gasteiger partial charge in [0.2, 0.25) is 5.95 Å². The average molecular weight is 344 g/mol. The van der Waals surface area contributed by atoms with Crippen molar-refractivity contribution in [2.45, 2.75) is 0 Å². The lowest BCUT2D eigenvalue weighted by Crippen LogP contribution is -2.05. The van der Waals surface area contributed by atoms with Crippen LogP contribution < -0.4 is 10.5 Å². The minimum absolute atomic E-state index is 0.247. The van der Waals surface area contributed by atoms with Crippen LogP contribution in [-0.4, -0.2) is 21.6 Å². The van der Waals surface area contributed by atoms with Crippen LogP contribution in [-0.2, 0) is 0 Å². The number of anilines is 1. The van der Waals surface area contributed by atoms with Gasteiger partial charge in [0, 0.05) is 10.7 Å². The Kier molecular flexibility index (Phi) is 3.23. The van der Waals surface area contributed by atoms with Crippen molar-refractivity contribution in [1.29, 1.82) is 5.26 Å². The van der Waals surface area contributed by atoms with Gasteiger partial charge >= 0.3 is 0 Å². The molecule has 3 rings (SSSR count). The van der Waals surface area contributed by atoms with Gasteiger partial charge in [-0.25, -0.2) is 9.97 Å². The normalized spacial score (nSPS) is 10.5. The molecule has 0 amide bonds. The van der Waals surface area contributed by atoms with E-state index in [1.54, 1.807) is 36.1 Å². The minimum atomic E-state index is 0.247. The van der Waals surface area contributed by atoms with E-state index < -0.39 is 0 Å². The van der Waals surface area contributed by atoms with Crippen LogP contribution in [0.15, 0.2) is 34.9 Å². The molecule has 0 fully saturated rings. The number of hydrogen-bond acceptors (Lipinski definition) is 5. The fraction of sp³-hybridized carbons (Fsp3) is 0.0714. The number of nitriles is 1. The molecule has 0 atom stereocenters. The van der Waals surface area contributed by atoms with E-state index in [0.717, 1.165) is 4.47 Å². The van der Waals surface area contributed by atoms with E-state index in [0.29, 0.717) is 28.2 Å². The molecule has 21 heavy (non-hydrogen) atoms. The smallest absolute Gasteiger partial charge is 0.207 e. The quantitative estimate of drug-likeness (QED) is 0.772. The zero-order chi connectivity index (χ0) is 15.0. The second kappa shape index (κ2) is 5.07. The number of nitrogens with zero attached hydrogens (tertiary/aromatic N) is 4. The molecule has 2 N–H and O–H groups in total. The van der Waals surface area contributed by atoms with Crippen LogP contribution in [0.25, 0.3) is 16.9 Å². The SMILES string of the molecule is COc1cccc(C#N)c1-n1c(N)nc2cc(Br)cnc21. The van der Waals surface area contributed by atoms with Crippen molar-refractivity contribution in [1.82, 2.24) is 14.5 Å². The van der Waals surface area contributed by atoms with Crippen LogP contribution in [0.3, 0.4) is 0 Å². The Labute approximate surface area is 128 Å². The highest BCUT2D eigenvalue weighted by atomic mass is 79.9. The zero-order valence-electron chi connectivity index (χ0n) is 11.0. The monoisotopic (exact) mass is 343 g/mol. The molecule has 2 heterocycles. The molecule has 2 aromatic heterocycles. The standard InChI is InChI=1S/C14H10BrN5O/c1-21-11-4-2-3-8(6-16)12(11)20-13-10(19-14(20)17)5-9(15)7-18-13/h2-5,7H,1H3,(H2,17,19). The number of methoxy groups -OCH3 is 1. The Bertz CT molecular complexity index is 881. The number of ether oxygens (including phenoxy) is 1. The Hall–Kier alpha value is -2.59. The van der Waals surface area contributed by atoms with Crippen LogP contribution in [0.1, 0.15) is 5.56 Å². The molecule has 0 bridgehead atoms. The molecule has 0 aliphatic heterocycles. The highest BCUT2D eigenvalue weighted by Gasteiger charge is 2.18. The number of pyridine rings is 1. The number of aromatic nitrogens is 3. The third-order valence-electron chi connectivity index (χ3n) is 3.05. The molecule has 0 saturated heterocycles. The maximum absolute atomic E-state index is 9.34. The summed E-state index contributed by atoms with van der Waals surface area (Å²) in [6.45, 7) is 0. The number of halogens is 1. The van der Waals surface area contributed by atoms with Crippen LogP contribution in [0.2, 0.25) is 0 Å². The largest absolute Gasteiger partial charge is 0.495 e. The van der Waals surface area contributed by atoms with Gasteiger partial charge in [-0.3, -0.25) is 4.57 Å². The molecule has 1 aromatic carbocycles. The number of hydrogen-bond donors (Lipinski definition) is 1. The number of benzene rings is 1. The topological polar surface area (TPSA) is 89.8 Å². The lowest BCUT2D eigenvalue weighted by atomic mass is 10.1. The van der Waals surface area contributed by atoms with Gasteiger partial charge in [0.25, 0.3) is 0 Å². The van der Waals surface area contributed by atoms with Gasteiger partial charge in [-0.15, -0.1) is 0 Å². The van der Waals surface area contributed by atoms with Crippen molar-refractivity contribution in [3.8, 4) is 17.5 Å². The number of rotatable bonds is 2. The molecule has 6 nitrogen and oxygen atoms in total. The summed E-state index contributed by atoms with van der Waals surface area (Å²) < 4.78 is 7.78. The zero-order valence-corrected chi connectivity index (χ0v) is 12.6. The average Bonchev–Trinajstić information content (AvgIpc) is 2.80. The second-order valence-corrected chi connectivity index (χ2v) is 5.19. The van der Waals surface area contributed by atoms with Gasteiger partial charge in [-0.05, 0) is 34.1 Å². The Morgan fingerprint density at radius 2 is 2.24 bits per heavy atom. The van der Waals surface area contributed by atoms with Crippen molar-refractivity contribution in [3.05, 3.63) is 40.5 Å². The second-order valence-electron chi connectivity index (χ2n) is 4.27. The Morgan fingerprint density at radius 3 is 2.95 bits per heavy atom. The first kappa shape index (κ1) is 13.4. The van der Waals surface area contributed by atoms with E-state index in [4.69, 9.17) is 10.5 Å². The molecule has 0 radical (unpaired) electrons. The number of para-hydroxylation sites is 1. The molecule has 0 aliphatic rings. The first-order valence-electron chi connectivity index (χ1n) is 6.02. The van der Waals surface area contributed by atoms with Crippen LogP contribution in [0, 0.1) is 11.3 Å². The van der Waals surface area contributed by atoms with E-state index in [9.17, 15) is 5.26 Å². The summed E-state index contributed by atoms with van der Waals surface area (Å²) in [5, 5.41) is 9.34. The summed E-state index contributed by atoms with van der Waals surface area (Å²) >= 11 is 3.35. The summed E-state index contributed by atoms with van der Waals surface area (Å²) in [6, 6.07) is 9.17. The fourth-order valence-corrected chi connectivity index (χ4v) is 2.51. The predicted octanol–water partition coefficient (Wildman–Crippen LogP) is 2.65. The van der Waals surface area contributed by atoms with Crippen molar-refractivity contribution in [2.75, 3.05) is 12.8 Å². The molecule has 104 valence electrons. The highest BCUT2D eigenvalue weighted by molar-refractivity contribution is 9.10. The number of fused-ring (bicyclic) bond motifs is 1. The third kappa shape index (κ3) is 2.10. The Morgan fingerprint density at radius 1 is 1.43 bits per heavy atom. The van der Waals surface area contributed by atoms with E-state index in [1.807, 2.05) is 6.07 Å². The fourth-order valence-electron chi connectivity index (χ4n) is 2.19. The van der Waals surface area contributed by atoms with Gasteiger partial charge in [0.1, 0.15) is 23.0 Å². The lowest BCUT2D eigenvalue weighted by Gasteiger charge is -2.12. The summed E-state index contributed by atoms with van der Waals surface area (Å²) in [5.41, 5.74) is 8.19. The molecular formula is C14H10BrN5O. The molecule has 3 aromatic rings. The predicted molar refractivity (Wildman–Crippen MR) is 82.2 cm³/mol. The van der Waals surface area contributed by atoms with Gasteiger partial charge in [0.05, 0.1) is 12.7 Å². The third-order valence-corrected chi connectivity index (χ3v) is 3.49. The van der Waals surface area contributed by atoms with E-state index in [2.05, 4.69) is 32.0 Å². The summed E-state index contributed by atoms with van der Waals surface area (Å²) in [5.74, 6) is 0.779. The van der Waals surface area contributed by atoms with E-state index in [-0.39, 0.29) is 5.95 Å². The van der Waals surface area contributed by atoms with Crippen molar-refractivity contribution in [3.63, 3.8) is 0 Å². The maximum Gasteiger partial charge on any atom is 0.207 e. The van der Waals surface area contributed by atoms with E-state index >= 15 is 0 Å². The first-order valence-corrected chi connectivity index (χ1v) is 6.82. The van der Waals surface area contributed by atoms with E-state index in [1.165, 1.54) is 0 Å². The first-order chi connectivity index (χ1) is 10.2. The summed E-state index contributed by atoms with van der Waals surface area (Å²) in [7, 11) is 1.54. The van der Waals surface area contributed by atoms with Crippen molar-refractivity contribution >= 4 is 33.0 Å². The lowest BCUT2D eigenvalue weighted by molar-refractivity contribution is 0.413. The molecule has 0 unspecified atom stereocenters. The van der Waals surface area contributed by atoms with Gasteiger partial charge < -0.3 is 10.5 Å². The Balaban J connectivity index is 2.41. The minimum Gasteiger partial charge on any atom is -0.495 e. The van der Waals surface area contributed by atoms with Crippen LogP contribution >= 0.6 is 15.9 Å². The van der Waals surface area contributed by atoms with Crippen LogP contribution in [0.5, 0.6) is 5.75 Å². The molecule has 0 aliphatic carbocycles. The molecule has 0 spiro atoms. The van der Waals surface area contributed by atoms with Gasteiger partial charge in [0.15, 0.2) is 5.65 Å². The molecule has 0 saturated carbocycles. The summed E-state index contributed by atoms with van der Waals surface area (Å²) in [6.07, 6.45) is 1.65. The highest BCUT2D eigenvalue weighted by Crippen LogP contribution is 2.31. The van der Waals surface area contributed by atoms with Gasteiger partial charge in [-0.1, -0.05) is 6.07 Å². The van der Waals surface area contributed by atoms with Crippen molar-refractivity contribution < 1.29 is 4.74 Å². The maximum atomic E-state index is 9.34. The van der Waals surface area contributed by atoms with Gasteiger partial charge in [-0.2, -0.15) is 5.26 Å².